The van der Waals surface area contributed by atoms with E-state index in [-0.39, 0.29) is 76.9 Å². The molecule has 92 heteroatoms. The van der Waals surface area contributed by atoms with Crippen LogP contribution in [0.15, 0.2) is 79.9 Å². The molecule has 24 atom stereocenters. The van der Waals surface area contributed by atoms with Crippen molar-refractivity contribution >= 4 is 162 Å². The molecule has 0 aliphatic carbocycles. The number of anilines is 4. The van der Waals surface area contributed by atoms with Crippen LogP contribution in [0.25, 0.3) is 86.2 Å². The maximum absolute atomic E-state index is 12.1. The van der Waals surface area contributed by atoms with Gasteiger partial charge in [0.2, 0.25) is 11.9 Å². The van der Waals surface area contributed by atoms with Crippen LogP contribution in [0.2, 0.25) is 0 Å². The molecule has 0 radical (unpaired) electrons. The Hall–Kier alpha value is -8.30. The lowest BCUT2D eigenvalue weighted by Crippen LogP contribution is -2.31. The highest BCUT2D eigenvalue weighted by Crippen LogP contribution is 2.70. The summed E-state index contributed by atoms with van der Waals surface area (Å²) in [6.07, 6.45) is -7.56. The van der Waals surface area contributed by atoms with Crippen molar-refractivity contribution in [2.45, 2.75) is 152 Å². The van der Waals surface area contributed by atoms with E-state index >= 15 is 0 Å². The van der Waals surface area contributed by atoms with E-state index in [0.29, 0.717) is 16.7 Å². The van der Waals surface area contributed by atoms with Gasteiger partial charge in [0, 0.05) is 57.7 Å². The van der Waals surface area contributed by atoms with Crippen molar-refractivity contribution in [3.05, 3.63) is 112 Å². The Labute approximate surface area is 784 Å². The number of phosphoric ester groups is 4. The summed E-state index contributed by atoms with van der Waals surface area (Å²) < 4.78 is 237. The topological polar surface area (TPSA) is 1200 Å². The number of hydrogen-bond acceptors (Lipinski definition) is 50. The number of aromatic amines is 2. The minimum atomic E-state index is -5.73. The van der Waals surface area contributed by atoms with Gasteiger partial charge >= 0.3 is 93.9 Å². The summed E-state index contributed by atoms with van der Waals surface area (Å²) in [7, 11) is -66.7. The van der Waals surface area contributed by atoms with Gasteiger partial charge in [0.05, 0.1) is 74.3 Å². The molecule has 8 aromatic heterocycles. The number of nitrogen functional groups attached to an aromatic ring is 4. The lowest BCUT2D eigenvalue weighted by atomic mass is 10.2. The van der Waals surface area contributed by atoms with Crippen molar-refractivity contribution in [2.24, 2.45) is 20.5 Å². The van der Waals surface area contributed by atoms with Gasteiger partial charge in [-0.2, -0.15) is 44.5 Å². The van der Waals surface area contributed by atoms with Gasteiger partial charge in [0.25, 0.3) is 11.1 Å². The number of ether oxygens (including phenoxy) is 8. The van der Waals surface area contributed by atoms with Crippen LogP contribution in [0.3, 0.4) is 0 Å². The van der Waals surface area contributed by atoms with Gasteiger partial charge in [-0.3, -0.25) is 46.8 Å². The van der Waals surface area contributed by atoms with Crippen LogP contribution in [-0.2, 0) is 145 Å². The van der Waals surface area contributed by atoms with E-state index in [0.717, 1.165) is 0 Å². The Balaban J connectivity index is 0.000000211. The zero-order chi connectivity index (χ0) is 106. The van der Waals surface area contributed by atoms with Gasteiger partial charge in [-0.15, -0.1) is 0 Å². The third-order valence-corrected chi connectivity index (χ3v) is 32.8. The fourth-order valence-corrected chi connectivity index (χ4v) is 24.8. The highest BCUT2D eigenvalue weighted by molar-refractivity contribution is 7.68. The molecule has 12 heterocycles. The van der Waals surface area contributed by atoms with Gasteiger partial charge in [-0.05, 0) is 62.0 Å². The van der Waals surface area contributed by atoms with Gasteiger partial charge in [0.15, 0.2) is 28.3 Å². The molecule has 4 aliphatic rings. The zero-order valence-corrected chi connectivity index (χ0v) is 81.7. The highest BCUT2D eigenvalue weighted by Gasteiger charge is 2.51. The molecule has 788 valence electrons. The number of H-pyrrole nitrogens is 2. The second-order valence-electron chi connectivity index (χ2n) is 27.9. The fraction of sp³-hybridized carbons (Fsp3) is 0.560. The molecule has 0 spiro atoms. The van der Waals surface area contributed by atoms with Gasteiger partial charge in [-0.25, -0.2) is 84.7 Å². The van der Waals surface area contributed by atoms with Gasteiger partial charge in [-0.1, -0.05) is 20.5 Å². The maximum Gasteiger partial charge on any atom is 0.490 e. The van der Waals surface area contributed by atoms with Crippen molar-refractivity contribution in [3.8, 4) is 0 Å². The molecule has 0 aromatic carbocycles. The summed E-state index contributed by atoms with van der Waals surface area (Å²) in [6, 6.07) is 3.09. The number of nitrogens with zero attached hydrogens (tertiary/aromatic N) is 24. The molecular weight excluding hydrogens is 2190 g/mol. The van der Waals surface area contributed by atoms with Crippen molar-refractivity contribution in [1.82, 2.24) is 68.1 Å². The minimum Gasteiger partial charge on any atom is -0.383 e. The normalized spacial score (nSPS) is 24.8. The molecule has 4 fully saturated rings. The predicted molar refractivity (Wildman–Crippen MR) is 456 cm³/mol. The third kappa shape index (κ3) is 35.5. The molecule has 142 heavy (non-hydrogen) atoms. The summed E-state index contributed by atoms with van der Waals surface area (Å²) >= 11 is 0. The van der Waals surface area contributed by atoms with Crippen LogP contribution in [0.4, 0.5) is 23.5 Å². The number of azide groups is 4. The van der Waals surface area contributed by atoms with E-state index in [4.69, 9.17) is 122 Å². The van der Waals surface area contributed by atoms with E-state index in [2.05, 4.69) is 143 Å². The van der Waals surface area contributed by atoms with Crippen LogP contribution in [-0.4, -0.2) is 247 Å². The van der Waals surface area contributed by atoms with Crippen LogP contribution in [0.1, 0.15) is 78.3 Å². The molecule has 12 rings (SSSR count). The highest BCUT2D eigenvalue weighted by atomic mass is 31.3. The summed E-state index contributed by atoms with van der Waals surface area (Å²) in [5.74, 6) is -0.0397. The standard InChI is InChI=1S/C13H20N7O13P3.C13H20N7O12P3.C12H19N8O13P3.C12H19N8O12P3/c1-6(18-19-15)30-8-4-10(20-3-2-7-11(20)16-13(14)17-12(7)21)31-9(8)5-29-35(25,26)33-36(27,28)32-34(22,23)24;1-7(18-19-15)29-9-4-11(20-3-2-8-12(14)16-6-17-13(8)20)30-10(9)5-28-34(24,25)32-35(26,27)31-33(21,22)23;1-5(18-19-14)30-6-2-8(20-4-15-9-10(20)16-12(13)17-11(9)21)31-7(6)3-29-35(25,26)33-36(27,28)32-34(22,23)24;1-6(18-19-14)29-7-2-9(20-5-17-10-11(13)15-4-16-12(10)20)30-8(7)3-28-34(24,25)32-35(26,27)31-33(21,22)23/h2-3,6,8-10H,4-5H2,1H3,(H,25,26)(H,27,28)(H2,22,23,24)(H3,14,16,17,21);2-3,6-7,9-11H,4-5H2,1H3,(H,24,25)(H,26,27)(H2,14,16,17)(H2,21,22,23);4-8H,2-3H2,1H3,(H,25,26)(H,27,28)(H2,22,23,24)(H3,13,16,17,21);4-9H,2-3H2,1H3,(H,24,25)(H,26,27)(H2,13,15,16)(H2,21,22,23)/t6-,8?,9-,10-;7-,9?,10-,11-;5-,6?,7-,8-;6-,7?,8-,9-/m1111/s1. The monoisotopic (exact) mass is 2270 g/mol. The number of nitrogens with two attached hydrogens (primary N) is 4. The third-order valence-electron chi connectivity index (χ3n) is 17.6. The number of rotatable bonds is 44. The van der Waals surface area contributed by atoms with Gasteiger partial charge in [0.1, 0.15) is 104 Å². The molecule has 4 saturated heterocycles. The molecule has 80 nitrogen and oxygen atoms in total. The second kappa shape index (κ2) is 47.7. The molecule has 8 aromatic rings. The number of hydrogen-bond donors (Lipinski definition) is 22. The molecule has 0 bridgehead atoms. The lowest BCUT2D eigenvalue weighted by Gasteiger charge is -2.22. The van der Waals surface area contributed by atoms with Crippen LogP contribution < -0.4 is 34.1 Å². The van der Waals surface area contributed by atoms with Crippen molar-refractivity contribution in [3.63, 3.8) is 0 Å². The Morgan fingerprint density at radius 1 is 0.373 bits per heavy atom. The van der Waals surface area contributed by atoms with E-state index in [1.165, 1.54) is 79.0 Å². The minimum absolute atomic E-state index is 0.0183. The van der Waals surface area contributed by atoms with Crippen molar-refractivity contribution < 1.29 is 224 Å². The first-order valence-corrected chi connectivity index (χ1v) is 55.8. The quantitative estimate of drug-likeness (QED) is 0.0110. The fourth-order valence-electron chi connectivity index (χ4n) is 12.7. The van der Waals surface area contributed by atoms with Crippen LogP contribution in [0.5, 0.6) is 0 Å². The second-order valence-corrected chi connectivity index (χ2v) is 45.6. The van der Waals surface area contributed by atoms with E-state index in [9.17, 15) is 104 Å². The number of nitrogens with one attached hydrogen (secondary N) is 2. The summed E-state index contributed by atoms with van der Waals surface area (Å²) in [4.78, 5) is 216. The number of fused-ring (bicyclic) bond motifs is 4. The van der Waals surface area contributed by atoms with E-state index < -0.39 is 230 Å². The number of aromatic nitrogens is 14. The molecule has 4 aliphatic heterocycles. The summed E-state index contributed by atoms with van der Waals surface area (Å²) in [5.41, 5.74) is 57.2. The molecule has 0 saturated carbocycles. The first-order valence-electron chi connectivity index (χ1n) is 37.7. The summed E-state index contributed by atoms with van der Waals surface area (Å²) in [5, 5.41) is 14.2. The predicted octanol–water partition coefficient (Wildman–Crippen LogP) is 4.12. The van der Waals surface area contributed by atoms with Crippen molar-refractivity contribution in [1.29, 1.82) is 0 Å². The first kappa shape index (κ1) is 117. The average molecular weight is 2270 g/mol. The lowest BCUT2D eigenvalue weighted by molar-refractivity contribution is -0.0746. The smallest absolute Gasteiger partial charge is 0.383 e. The van der Waals surface area contributed by atoms with Crippen LogP contribution in [0, 0.1) is 0 Å². The van der Waals surface area contributed by atoms with E-state index in [1.54, 1.807) is 16.8 Å². The molecule has 12 unspecified atom stereocenters. The van der Waals surface area contributed by atoms with E-state index in [1.807, 2.05) is 0 Å². The number of phosphoric acid groups is 12. The molecular formula is C50H78N30O50P12. The van der Waals surface area contributed by atoms with Crippen molar-refractivity contribution in [2.75, 3.05) is 49.4 Å². The number of imidazole rings is 2. The first-order chi connectivity index (χ1) is 65.6. The average Bonchev–Trinajstić information content (AvgIpc) is 1.63. The zero-order valence-electron chi connectivity index (χ0n) is 71.0. The summed E-state index contributed by atoms with van der Waals surface area (Å²) in [6.45, 7) is 2.46. The Kier molecular flexibility index (Phi) is 39.4. The Bertz CT molecular complexity index is 6450. The SMILES string of the molecule is C[C@H](N=[N+]=[N-])OC1C[C@H](n2ccc3c(=O)[nH]c(N)nc32)O[C@@H]1COP(=O)(O)OP(=O)(O)OP(=O)(O)O.C[C@H](N=[N+]=[N-])OC1C[C@H](n2ccc3c(N)ncnc32)O[C@@H]1COP(=O)(O)OP(=O)(O)OP(=O)(O)O.C[C@H](N=[N+]=[N-])OC1C[C@H](n2cnc3c(=O)[nH]c(N)nc32)O[C@@H]1COP(=O)(O)OP(=O)(O)OP(=O)(O)O.C[C@H](N=[N+]=[N-])OC1C[C@H](n2cnc3c(N)ncnc32)O[C@@H]1COP(=O)(O)OP(=O)(O)OP(=O)(O)O. The van der Waals surface area contributed by atoms with Crippen LogP contribution >= 0.6 is 93.9 Å². The molecule has 26 N–H and O–H groups in total. The largest absolute Gasteiger partial charge is 0.490 e. The molecule has 0 amide bonds. The maximum atomic E-state index is 12.1. The van der Waals surface area contributed by atoms with Gasteiger partial charge < -0.3 is 148 Å². The Morgan fingerprint density at radius 3 is 0.986 bits per heavy atom. The Morgan fingerprint density at radius 2 is 0.655 bits per heavy atom.